The van der Waals surface area contributed by atoms with Crippen LogP contribution in [0.2, 0.25) is 0 Å². The fraction of sp³-hybridized carbons (Fsp3) is 0.308. The summed E-state index contributed by atoms with van der Waals surface area (Å²) in [4.78, 5) is 7.16. The van der Waals surface area contributed by atoms with Gasteiger partial charge >= 0.3 is 0 Å². The molecule has 1 aromatic heterocycles. The molecule has 6 nitrogen and oxygen atoms in total. The standard InChI is InChI=1S/C13H17N3O3S/c1-9-8-11(19-3)4-5-12(9)20(17,18)16-10(2)13-14-6-7-15-13/h4-8,10,16H,1-3H3,(H,14,15)/t10-/m1/s1. The Balaban J connectivity index is 2.27. The second-order valence-corrected chi connectivity index (χ2v) is 6.13. The molecule has 2 rings (SSSR count). The van der Waals surface area contributed by atoms with Crippen LogP contribution in [0.25, 0.3) is 0 Å². The van der Waals surface area contributed by atoms with Gasteiger partial charge in [-0.25, -0.2) is 18.1 Å². The van der Waals surface area contributed by atoms with E-state index in [0.29, 0.717) is 17.1 Å². The summed E-state index contributed by atoms with van der Waals surface area (Å²) < 4.78 is 32.4. The first-order valence-electron chi connectivity index (χ1n) is 6.10. The van der Waals surface area contributed by atoms with E-state index in [0.717, 1.165) is 0 Å². The van der Waals surface area contributed by atoms with Crippen molar-refractivity contribution in [1.29, 1.82) is 0 Å². The Morgan fingerprint density at radius 3 is 2.70 bits per heavy atom. The van der Waals surface area contributed by atoms with Crippen LogP contribution in [0.15, 0.2) is 35.5 Å². The maximum atomic E-state index is 12.4. The van der Waals surface area contributed by atoms with E-state index in [1.54, 1.807) is 45.5 Å². The van der Waals surface area contributed by atoms with Crippen molar-refractivity contribution >= 4 is 10.0 Å². The first-order chi connectivity index (χ1) is 9.44. The van der Waals surface area contributed by atoms with Crippen LogP contribution in [0.4, 0.5) is 0 Å². The van der Waals surface area contributed by atoms with E-state index in [2.05, 4.69) is 14.7 Å². The van der Waals surface area contributed by atoms with Crippen molar-refractivity contribution in [2.75, 3.05) is 7.11 Å². The molecule has 0 unspecified atom stereocenters. The number of aromatic amines is 1. The monoisotopic (exact) mass is 295 g/mol. The normalized spacial score (nSPS) is 13.2. The molecule has 1 atom stereocenters. The minimum absolute atomic E-state index is 0.233. The Morgan fingerprint density at radius 1 is 1.40 bits per heavy atom. The Morgan fingerprint density at radius 2 is 2.15 bits per heavy atom. The van der Waals surface area contributed by atoms with Gasteiger partial charge in [0.2, 0.25) is 10.0 Å². The van der Waals surface area contributed by atoms with Crippen molar-refractivity contribution in [3.63, 3.8) is 0 Å². The summed E-state index contributed by atoms with van der Waals surface area (Å²) in [5.41, 5.74) is 0.628. The Bertz CT molecular complexity index is 681. The molecular formula is C13H17N3O3S. The molecule has 0 radical (unpaired) electrons. The van der Waals surface area contributed by atoms with Crippen molar-refractivity contribution < 1.29 is 13.2 Å². The minimum atomic E-state index is -3.61. The third kappa shape index (κ3) is 3.00. The molecule has 0 saturated carbocycles. The lowest BCUT2D eigenvalue weighted by molar-refractivity contribution is 0.414. The molecule has 20 heavy (non-hydrogen) atoms. The SMILES string of the molecule is COc1ccc(S(=O)(=O)N[C@H](C)c2ncc[nH]2)c(C)c1. The van der Waals surface area contributed by atoms with Gasteiger partial charge in [-0.2, -0.15) is 0 Å². The zero-order chi connectivity index (χ0) is 14.8. The van der Waals surface area contributed by atoms with Crippen LogP contribution in [0, 0.1) is 6.92 Å². The highest BCUT2D eigenvalue weighted by molar-refractivity contribution is 7.89. The summed E-state index contributed by atoms with van der Waals surface area (Å²) in [5.74, 6) is 1.19. The molecule has 0 bridgehead atoms. The smallest absolute Gasteiger partial charge is 0.241 e. The lowest BCUT2D eigenvalue weighted by atomic mass is 10.2. The Hall–Kier alpha value is -1.86. The van der Waals surface area contributed by atoms with Gasteiger partial charge in [0.05, 0.1) is 18.0 Å². The van der Waals surface area contributed by atoms with Gasteiger partial charge in [-0.3, -0.25) is 0 Å². The largest absolute Gasteiger partial charge is 0.497 e. The molecule has 1 aromatic carbocycles. The molecule has 0 fully saturated rings. The summed E-state index contributed by atoms with van der Waals surface area (Å²) >= 11 is 0. The van der Waals surface area contributed by atoms with Crippen LogP contribution >= 0.6 is 0 Å². The predicted octanol–water partition coefficient (Wildman–Crippen LogP) is 1.77. The first kappa shape index (κ1) is 14.5. The number of rotatable bonds is 5. The molecule has 108 valence electrons. The van der Waals surface area contributed by atoms with Crippen LogP contribution in [-0.2, 0) is 10.0 Å². The molecule has 0 saturated heterocycles. The van der Waals surface area contributed by atoms with Gasteiger partial charge in [0.25, 0.3) is 0 Å². The number of sulfonamides is 1. The van der Waals surface area contributed by atoms with Gasteiger partial charge in [0.15, 0.2) is 0 Å². The number of nitrogens with one attached hydrogen (secondary N) is 2. The number of ether oxygens (including phenoxy) is 1. The van der Waals surface area contributed by atoms with Crippen molar-refractivity contribution in [3.05, 3.63) is 42.0 Å². The fourth-order valence-electron chi connectivity index (χ4n) is 1.92. The summed E-state index contributed by atoms with van der Waals surface area (Å²) in [5, 5.41) is 0. The summed E-state index contributed by atoms with van der Waals surface area (Å²) in [6, 6.07) is 4.41. The lowest BCUT2D eigenvalue weighted by Crippen LogP contribution is -2.28. The number of benzene rings is 1. The number of aryl methyl sites for hydroxylation is 1. The maximum Gasteiger partial charge on any atom is 0.241 e. The Labute approximate surface area is 118 Å². The van der Waals surface area contributed by atoms with Gasteiger partial charge in [0.1, 0.15) is 11.6 Å². The zero-order valence-corrected chi connectivity index (χ0v) is 12.4. The average Bonchev–Trinajstić information content (AvgIpc) is 2.91. The molecular weight excluding hydrogens is 278 g/mol. The highest BCUT2D eigenvalue weighted by Crippen LogP contribution is 2.22. The van der Waals surface area contributed by atoms with E-state index in [1.165, 1.54) is 6.07 Å². The molecule has 0 aliphatic rings. The molecule has 7 heteroatoms. The van der Waals surface area contributed by atoms with Gasteiger partial charge in [0, 0.05) is 12.4 Å². The topological polar surface area (TPSA) is 84.1 Å². The van der Waals surface area contributed by atoms with Crippen LogP contribution in [0.1, 0.15) is 24.4 Å². The number of aromatic nitrogens is 2. The van der Waals surface area contributed by atoms with Gasteiger partial charge in [-0.05, 0) is 37.6 Å². The summed E-state index contributed by atoms with van der Waals surface area (Å²) in [6.45, 7) is 3.46. The molecule has 0 amide bonds. The van der Waals surface area contributed by atoms with Crippen LogP contribution in [-0.4, -0.2) is 25.5 Å². The third-order valence-corrected chi connectivity index (χ3v) is 4.63. The van der Waals surface area contributed by atoms with Crippen molar-refractivity contribution in [1.82, 2.24) is 14.7 Å². The molecule has 2 aromatic rings. The first-order valence-corrected chi connectivity index (χ1v) is 7.58. The van der Waals surface area contributed by atoms with E-state index < -0.39 is 16.1 Å². The molecule has 0 aliphatic carbocycles. The molecule has 0 spiro atoms. The quantitative estimate of drug-likeness (QED) is 0.880. The van der Waals surface area contributed by atoms with Crippen LogP contribution < -0.4 is 9.46 Å². The Kier molecular flexibility index (Phi) is 4.10. The fourth-order valence-corrected chi connectivity index (χ4v) is 3.35. The summed E-state index contributed by atoms with van der Waals surface area (Å²) in [6.07, 6.45) is 3.23. The number of H-pyrrole nitrogens is 1. The van der Waals surface area contributed by atoms with Crippen molar-refractivity contribution in [2.24, 2.45) is 0 Å². The highest BCUT2D eigenvalue weighted by Gasteiger charge is 2.21. The zero-order valence-electron chi connectivity index (χ0n) is 11.5. The van der Waals surface area contributed by atoms with E-state index in [1.807, 2.05) is 0 Å². The second kappa shape index (κ2) is 5.64. The third-order valence-electron chi connectivity index (χ3n) is 2.93. The van der Waals surface area contributed by atoms with E-state index >= 15 is 0 Å². The molecule has 1 heterocycles. The van der Waals surface area contributed by atoms with E-state index in [9.17, 15) is 8.42 Å². The minimum Gasteiger partial charge on any atom is -0.497 e. The van der Waals surface area contributed by atoms with Gasteiger partial charge in [-0.1, -0.05) is 0 Å². The number of imidazole rings is 1. The van der Waals surface area contributed by atoms with Crippen molar-refractivity contribution in [3.8, 4) is 5.75 Å². The van der Waals surface area contributed by atoms with Crippen LogP contribution in [0.3, 0.4) is 0 Å². The van der Waals surface area contributed by atoms with Crippen LogP contribution in [0.5, 0.6) is 5.75 Å². The predicted molar refractivity (Wildman–Crippen MR) is 75.1 cm³/mol. The van der Waals surface area contributed by atoms with E-state index in [-0.39, 0.29) is 4.90 Å². The highest BCUT2D eigenvalue weighted by atomic mass is 32.2. The number of hydrogen-bond acceptors (Lipinski definition) is 4. The second-order valence-electron chi connectivity index (χ2n) is 4.45. The van der Waals surface area contributed by atoms with Gasteiger partial charge in [-0.15, -0.1) is 0 Å². The number of nitrogens with zero attached hydrogens (tertiary/aromatic N) is 1. The molecule has 0 aliphatic heterocycles. The summed E-state index contributed by atoms with van der Waals surface area (Å²) in [7, 11) is -2.06. The number of hydrogen-bond donors (Lipinski definition) is 2. The van der Waals surface area contributed by atoms with E-state index in [4.69, 9.17) is 4.74 Å². The van der Waals surface area contributed by atoms with Crippen molar-refractivity contribution in [2.45, 2.75) is 24.8 Å². The lowest BCUT2D eigenvalue weighted by Gasteiger charge is -2.14. The number of methoxy groups -OCH3 is 1. The maximum absolute atomic E-state index is 12.4. The van der Waals surface area contributed by atoms with Gasteiger partial charge < -0.3 is 9.72 Å². The average molecular weight is 295 g/mol. The molecule has 2 N–H and O–H groups in total.